The predicted molar refractivity (Wildman–Crippen MR) is 68.6 cm³/mol. The Bertz CT molecular complexity index is 405. The van der Waals surface area contributed by atoms with Crippen LogP contribution in [-0.4, -0.2) is 19.4 Å². The molecule has 3 N–H and O–H groups in total. The maximum atomic E-state index is 5.77. The SMILES string of the molecule is Cc1cc2c(cc1NC(CN)C(C)C)OCO2. The number of hydrogen-bond acceptors (Lipinski definition) is 4. The Morgan fingerprint density at radius 3 is 2.53 bits per heavy atom. The second kappa shape index (κ2) is 4.84. The summed E-state index contributed by atoms with van der Waals surface area (Å²) >= 11 is 0. The number of ether oxygens (including phenoxy) is 2. The lowest BCUT2D eigenvalue weighted by molar-refractivity contribution is 0.174. The largest absolute Gasteiger partial charge is 0.454 e. The van der Waals surface area contributed by atoms with Crippen LogP contribution in [0.4, 0.5) is 5.69 Å². The van der Waals surface area contributed by atoms with Crippen molar-refractivity contribution in [2.75, 3.05) is 18.7 Å². The Kier molecular flexibility index (Phi) is 3.43. The first-order valence-corrected chi connectivity index (χ1v) is 5.98. The van der Waals surface area contributed by atoms with E-state index in [1.165, 1.54) is 0 Å². The van der Waals surface area contributed by atoms with Crippen LogP contribution in [0.25, 0.3) is 0 Å². The zero-order valence-corrected chi connectivity index (χ0v) is 10.6. The van der Waals surface area contributed by atoms with E-state index in [0.717, 1.165) is 22.7 Å². The third-order valence-electron chi connectivity index (χ3n) is 3.12. The molecule has 0 aromatic heterocycles. The fourth-order valence-corrected chi connectivity index (χ4v) is 1.90. The molecule has 0 radical (unpaired) electrons. The van der Waals surface area contributed by atoms with Crippen LogP contribution < -0.4 is 20.5 Å². The Morgan fingerprint density at radius 2 is 1.94 bits per heavy atom. The molecule has 0 saturated carbocycles. The Hall–Kier alpha value is -1.42. The van der Waals surface area contributed by atoms with Crippen molar-refractivity contribution in [3.63, 3.8) is 0 Å². The molecule has 17 heavy (non-hydrogen) atoms. The monoisotopic (exact) mass is 236 g/mol. The highest BCUT2D eigenvalue weighted by atomic mass is 16.7. The van der Waals surface area contributed by atoms with Crippen LogP contribution in [-0.2, 0) is 0 Å². The molecule has 0 spiro atoms. The maximum absolute atomic E-state index is 5.77. The Morgan fingerprint density at radius 1 is 1.29 bits per heavy atom. The molecule has 1 aliphatic rings. The number of aryl methyl sites for hydroxylation is 1. The molecule has 1 atom stereocenters. The van der Waals surface area contributed by atoms with E-state index >= 15 is 0 Å². The van der Waals surface area contributed by atoms with Gasteiger partial charge in [0.25, 0.3) is 0 Å². The van der Waals surface area contributed by atoms with Gasteiger partial charge in [0.15, 0.2) is 11.5 Å². The third-order valence-corrected chi connectivity index (χ3v) is 3.12. The van der Waals surface area contributed by atoms with Crippen LogP contribution in [0.2, 0.25) is 0 Å². The van der Waals surface area contributed by atoms with Crippen LogP contribution in [0.5, 0.6) is 11.5 Å². The lowest BCUT2D eigenvalue weighted by Crippen LogP contribution is -2.33. The van der Waals surface area contributed by atoms with Crippen LogP contribution in [0.3, 0.4) is 0 Å². The van der Waals surface area contributed by atoms with Crippen LogP contribution >= 0.6 is 0 Å². The van der Waals surface area contributed by atoms with Gasteiger partial charge in [-0.2, -0.15) is 0 Å². The second-order valence-corrected chi connectivity index (χ2v) is 4.75. The molecule has 1 aromatic rings. The minimum absolute atomic E-state index is 0.272. The van der Waals surface area contributed by atoms with Gasteiger partial charge in [-0.3, -0.25) is 0 Å². The van der Waals surface area contributed by atoms with E-state index in [-0.39, 0.29) is 6.04 Å². The summed E-state index contributed by atoms with van der Waals surface area (Å²) in [5, 5.41) is 3.47. The van der Waals surface area contributed by atoms with Gasteiger partial charge in [0, 0.05) is 24.3 Å². The number of nitrogens with one attached hydrogen (secondary N) is 1. The number of hydrogen-bond donors (Lipinski definition) is 2. The van der Waals surface area contributed by atoms with Gasteiger partial charge in [0.05, 0.1) is 0 Å². The number of nitrogens with two attached hydrogens (primary N) is 1. The third kappa shape index (κ3) is 2.47. The molecule has 0 fully saturated rings. The van der Waals surface area contributed by atoms with E-state index in [1.54, 1.807) is 0 Å². The maximum Gasteiger partial charge on any atom is 0.231 e. The molecule has 2 rings (SSSR count). The first-order chi connectivity index (χ1) is 8.11. The van der Waals surface area contributed by atoms with Gasteiger partial charge < -0.3 is 20.5 Å². The molecule has 1 heterocycles. The summed E-state index contributed by atoms with van der Waals surface area (Å²) in [7, 11) is 0. The summed E-state index contributed by atoms with van der Waals surface area (Å²) in [6, 6.07) is 4.26. The van der Waals surface area contributed by atoms with Crippen LogP contribution in [0.1, 0.15) is 19.4 Å². The van der Waals surface area contributed by atoms with E-state index in [1.807, 2.05) is 12.1 Å². The first-order valence-electron chi connectivity index (χ1n) is 5.98. The number of anilines is 1. The average molecular weight is 236 g/mol. The van der Waals surface area contributed by atoms with Crippen LogP contribution in [0.15, 0.2) is 12.1 Å². The summed E-state index contributed by atoms with van der Waals surface area (Å²) < 4.78 is 10.7. The molecule has 0 amide bonds. The number of fused-ring (bicyclic) bond motifs is 1. The lowest BCUT2D eigenvalue weighted by Gasteiger charge is -2.23. The zero-order valence-electron chi connectivity index (χ0n) is 10.6. The van der Waals surface area contributed by atoms with Gasteiger partial charge in [-0.15, -0.1) is 0 Å². The standard InChI is InChI=1S/C13H20N2O2/c1-8(2)11(6-14)15-10-5-13-12(4-9(10)3)16-7-17-13/h4-5,8,11,15H,6-7,14H2,1-3H3. The normalized spacial score (nSPS) is 15.1. The van der Waals surface area contributed by atoms with Gasteiger partial charge in [-0.05, 0) is 24.5 Å². The van der Waals surface area contributed by atoms with E-state index < -0.39 is 0 Å². The zero-order chi connectivity index (χ0) is 12.4. The predicted octanol–water partition coefficient (Wildman–Crippen LogP) is 2.12. The molecular weight excluding hydrogens is 216 g/mol. The molecule has 1 aromatic carbocycles. The smallest absolute Gasteiger partial charge is 0.231 e. The number of rotatable bonds is 4. The van der Waals surface area contributed by atoms with Crippen molar-refractivity contribution >= 4 is 5.69 Å². The molecule has 4 heteroatoms. The topological polar surface area (TPSA) is 56.5 Å². The molecule has 0 saturated heterocycles. The van der Waals surface area contributed by atoms with Gasteiger partial charge in [-0.1, -0.05) is 13.8 Å². The molecular formula is C13H20N2O2. The molecule has 1 aliphatic heterocycles. The van der Waals surface area contributed by atoms with Gasteiger partial charge in [0.1, 0.15) is 0 Å². The summed E-state index contributed by atoms with van der Waals surface area (Å²) in [6.45, 7) is 7.30. The fourth-order valence-electron chi connectivity index (χ4n) is 1.90. The Balaban J connectivity index is 2.21. The summed E-state index contributed by atoms with van der Waals surface area (Å²) in [6.07, 6.45) is 0. The van der Waals surface area contributed by atoms with Crippen molar-refractivity contribution < 1.29 is 9.47 Å². The van der Waals surface area contributed by atoms with E-state index in [4.69, 9.17) is 15.2 Å². The molecule has 0 bridgehead atoms. The average Bonchev–Trinajstić information content (AvgIpc) is 2.72. The Labute approximate surface area is 102 Å². The highest BCUT2D eigenvalue weighted by Crippen LogP contribution is 2.37. The van der Waals surface area contributed by atoms with Gasteiger partial charge in [0.2, 0.25) is 6.79 Å². The van der Waals surface area contributed by atoms with Crippen molar-refractivity contribution in [1.82, 2.24) is 0 Å². The van der Waals surface area contributed by atoms with Gasteiger partial charge >= 0.3 is 0 Å². The molecule has 94 valence electrons. The van der Waals surface area contributed by atoms with Gasteiger partial charge in [-0.25, -0.2) is 0 Å². The summed E-state index contributed by atoms with van der Waals surface area (Å²) in [5.74, 6) is 2.12. The second-order valence-electron chi connectivity index (χ2n) is 4.75. The molecule has 0 aliphatic carbocycles. The minimum Gasteiger partial charge on any atom is -0.454 e. The summed E-state index contributed by atoms with van der Waals surface area (Å²) in [4.78, 5) is 0. The highest BCUT2D eigenvalue weighted by molar-refractivity contribution is 5.61. The summed E-state index contributed by atoms with van der Waals surface area (Å²) in [5.41, 5.74) is 7.98. The van der Waals surface area contributed by atoms with Crippen LogP contribution in [0, 0.1) is 12.8 Å². The lowest BCUT2D eigenvalue weighted by atomic mass is 10.0. The quantitative estimate of drug-likeness (QED) is 0.840. The molecule has 1 unspecified atom stereocenters. The number of benzene rings is 1. The van der Waals surface area contributed by atoms with Crippen molar-refractivity contribution in [3.05, 3.63) is 17.7 Å². The van der Waals surface area contributed by atoms with Crippen molar-refractivity contribution in [1.29, 1.82) is 0 Å². The molecule has 4 nitrogen and oxygen atoms in total. The highest BCUT2D eigenvalue weighted by Gasteiger charge is 2.18. The van der Waals surface area contributed by atoms with Crippen molar-refractivity contribution in [3.8, 4) is 11.5 Å². The fraction of sp³-hybridized carbons (Fsp3) is 0.538. The van der Waals surface area contributed by atoms with E-state index in [2.05, 4.69) is 26.1 Å². The van der Waals surface area contributed by atoms with Crippen molar-refractivity contribution in [2.24, 2.45) is 11.7 Å². The van der Waals surface area contributed by atoms with E-state index in [0.29, 0.717) is 19.3 Å². The first kappa shape index (κ1) is 12.0. The van der Waals surface area contributed by atoms with E-state index in [9.17, 15) is 0 Å². The minimum atomic E-state index is 0.272. The van der Waals surface area contributed by atoms with Crippen molar-refractivity contribution in [2.45, 2.75) is 26.8 Å².